The first-order valence-corrected chi connectivity index (χ1v) is 6.12. The fourth-order valence-electron chi connectivity index (χ4n) is 1.56. The molecule has 0 spiro atoms. The Morgan fingerprint density at radius 3 is 2.93 bits per heavy atom. The summed E-state index contributed by atoms with van der Waals surface area (Å²) in [6.07, 6.45) is 2.52. The molecule has 1 aliphatic rings. The largest absolute Gasteiger partial charge is 0.271 e. The predicted octanol–water partition coefficient (Wildman–Crippen LogP) is 2.16. The van der Waals surface area contributed by atoms with Gasteiger partial charge in [-0.25, -0.2) is 4.39 Å². The van der Waals surface area contributed by atoms with Crippen LogP contribution in [0.15, 0.2) is 29.2 Å². The number of benzene rings is 1. The summed E-state index contributed by atoms with van der Waals surface area (Å²) in [6, 6.07) is 7.04. The maximum Gasteiger partial charge on any atom is 0.124 e. The van der Waals surface area contributed by atoms with Gasteiger partial charge in [0.15, 0.2) is 0 Å². The summed E-state index contributed by atoms with van der Waals surface area (Å²) in [5, 5.41) is 0. The Morgan fingerprint density at radius 2 is 2.33 bits per heavy atom. The standard InChI is InChI=1S/C11H15FN2S/c12-9-2-1-3-10(6-9)15-7-11(14-13)8-4-5-8/h1-3,6,8,11,14H,4-5,7,13H2. The molecule has 0 aliphatic heterocycles. The van der Waals surface area contributed by atoms with Crippen molar-refractivity contribution in [3.05, 3.63) is 30.1 Å². The van der Waals surface area contributed by atoms with Crippen molar-refractivity contribution in [1.29, 1.82) is 0 Å². The molecular weight excluding hydrogens is 211 g/mol. The van der Waals surface area contributed by atoms with Gasteiger partial charge in [-0.1, -0.05) is 6.07 Å². The molecule has 0 amide bonds. The van der Waals surface area contributed by atoms with E-state index in [1.54, 1.807) is 23.9 Å². The van der Waals surface area contributed by atoms with Crippen LogP contribution >= 0.6 is 11.8 Å². The van der Waals surface area contributed by atoms with Crippen LogP contribution in [0.25, 0.3) is 0 Å². The van der Waals surface area contributed by atoms with E-state index < -0.39 is 0 Å². The van der Waals surface area contributed by atoms with Crippen molar-refractivity contribution in [3.8, 4) is 0 Å². The molecule has 1 unspecified atom stereocenters. The first kappa shape index (κ1) is 10.9. The van der Waals surface area contributed by atoms with Gasteiger partial charge in [-0.3, -0.25) is 11.3 Å². The van der Waals surface area contributed by atoms with E-state index >= 15 is 0 Å². The summed E-state index contributed by atoms with van der Waals surface area (Å²) < 4.78 is 12.9. The van der Waals surface area contributed by atoms with Crippen LogP contribution in [0.1, 0.15) is 12.8 Å². The maximum absolute atomic E-state index is 12.9. The number of hydrogen-bond donors (Lipinski definition) is 2. The average Bonchev–Trinajstić information content (AvgIpc) is 3.03. The van der Waals surface area contributed by atoms with Crippen LogP contribution in [0.4, 0.5) is 4.39 Å². The van der Waals surface area contributed by atoms with E-state index in [1.165, 1.54) is 18.9 Å². The van der Waals surface area contributed by atoms with E-state index in [0.29, 0.717) is 6.04 Å². The Hall–Kier alpha value is -0.580. The Kier molecular flexibility index (Phi) is 3.61. The molecule has 0 saturated heterocycles. The van der Waals surface area contributed by atoms with Gasteiger partial charge in [0, 0.05) is 16.7 Å². The van der Waals surface area contributed by atoms with E-state index in [1.807, 2.05) is 6.07 Å². The Morgan fingerprint density at radius 1 is 1.53 bits per heavy atom. The molecule has 1 aliphatic carbocycles. The van der Waals surface area contributed by atoms with E-state index in [-0.39, 0.29) is 5.82 Å². The summed E-state index contributed by atoms with van der Waals surface area (Å²) >= 11 is 1.65. The molecule has 1 fully saturated rings. The normalized spacial score (nSPS) is 17.7. The molecule has 1 atom stereocenters. The second-order valence-corrected chi connectivity index (χ2v) is 4.97. The minimum Gasteiger partial charge on any atom is -0.271 e. The summed E-state index contributed by atoms with van der Waals surface area (Å²) in [5.41, 5.74) is 2.83. The van der Waals surface area contributed by atoms with Crippen molar-refractivity contribution < 1.29 is 4.39 Å². The summed E-state index contributed by atoms with van der Waals surface area (Å²) in [7, 11) is 0. The van der Waals surface area contributed by atoms with Gasteiger partial charge in [0.2, 0.25) is 0 Å². The minimum atomic E-state index is -0.177. The first-order valence-electron chi connectivity index (χ1n) is 5.14. The summed E-state index contributed by atoms with van der Waals surface area (Å²) in [6.45, 7) is 0. The number of nitrogens with one attached hydrogen (secondary N) is 1. The monoisotopic (exact) mass is 226 g/mol. The van der Waals surface area contributed by atoms with Crippen LogP contribution in [0.3, 0.4) is 0 Å². The first-order chi connectivity index (χ1) is 7.29. The van der Waals surface area contributed by atoms with E-state index in [0.717, 1.165) is 16.6 Å². The molecule has 82 valence electrons. The van der Waals surface area contributed by atoms with E-state index in [4.69, 9.17) is 5.84 Å². The topological polar surface area (TPSA) is 38.0 Å². The van der Waals surface area contributed by atoms with Gasteiger partial charge in [-0.15, -0.1) is 11.8 Å². The molecule has 2 rings (SSSR count). The van der Waals surface area contributed by atoms with Crippen molar-refractivity contribution in [3.63, 3.8) is 0 Å². The lowest BCUT2D eigenvalue weighted by Gasteiger charge is -2.14. The maximum atomic E-state index is 12.9. The molecule has 3 N–H and O–H groups in total. The summed E-state index contributed by atoms with van der Waals surface area (Å²) in [5.74, 6) is 6.92. The number of halogens is 1. The lowest BCUT2D eigenvalue weighted by atomic mass is 10.2. The van der Waals surface area contributed by atoms with Gasteiger partial charge in [0.05, 0.1) is 0 Å². The third-order valence-corrected chi connectivity index (χ3v) is 3.74. The zero-order valence-electron chi connectivity index (χ0n) is 8.45. The molecule has 0 radical (unpaired) electrons. The van der Waals surface area contributed by atoms with Gasteiger partial charge >= 0.3 is 0 Å². The van der Waals surface area contributed by atoms with Crippen LogP contribution in [-0.4, -0.2) is 11.8 Å². The average molecular weight is 226 g/mol. The molecule has 2 nitrogen and oxygen atoms in total. The third kappa shape index (κ3) is 3.19. The second-order valence-electron chi connectivity index (χ2n) is 3.88. The van der Waals surface area contributed by atoms with Gasteiger partial charge in [-0.05, 0) is 37.0 Å². The van der Waals surface area contributed by atoms with E-state index in [2.05, 4.69) is 5.43 Å². The van der Waals surface area contributed by atoms with Crippen LogP contribution < -0.4 is 11.3 Å². The molecule has 1 aromatic carbocycles. The second kappa shape index (κ2) is 4.96. The van der Waals surface area contributed by atoms with Crippen molar-refractivity contribution >= 4 is 11.8 Å². The van der Waals surface area contributed by atoms with Crippen molar-refractivity contribution in [2.24, 2.45) is 11.8 Å². The van der Waals surface area contributed by atoms with Crippen LogP contribution in [0.2, 0.25) is 0 Å². The smallest absolute Gasteiger partial charge is 0.124 e. The SMILES string of the molecule is NNC(CSc1cccc(F)c1)C1CC1. The highest BCUT2D eigenvalue weighted by Gasteiger charge is 2.30. The van der Waals surface area contributed by atoms with Crippen molar-refractivity contribution in [1.82, 2.24) is 5.43 Å². The molecule has 1 saturated carbocycles. The van der Waals surface area contributed by atoms with Crippen molar-refractivity contribution in [2.45, 2.75) is 23.8 Å². The van der Waals surface area contributed by atoms with Crippen molar-refractivity contribution in [2.75, 3.05) is 5.75 Å². The number of nitrogens with two attached hydrogens (primary N) is 1. The highest BCUT2D eigenvalue weighted by molar-refractivity contribution is 7.99. The van der Waals surface area contributed by atoms with Crippen LogP contribution in [0.5, 0.6) is 0 Å². The van der Waals surface area contributed by atoms with E-state index in [9.17, 15) is 4.39 Å². The van der Waals surface area contributed by atoms with Gasteiger partial charge in [0.25, 0.3) is 0 Å². The fraction of sp³-hybridized carbons (Fsp3) is 0.455. The zero-order valence-corrected chi connectivity index (χ0v) is 9.27. The Bertz CT molecular complexity index is 328. The van der Waals surface area contributed by atoms with Gasteiger partial charge < -0.3 is 0 Å². The van der Waals surface area contributed by atoms with Gasteiger partial charge in [0.1, 0.15) is 5.82 Å². The molecule has 0 bridgehead atoms. The Balaban J connectivity index is 1.86. The molecule has 1 aromatic rings. The molecule has 15 heavy (non-hydrogen) atoms. The highest BCUT2D eigenvalue weighted by atomic mass is 32.2. The lowest BCUT2D eigenvalue weighted by molar-refractivity contribution is 0.520. The quantitative estimate of drug-likeness (QED) is 0.459. The Labute approximate surface area is 93.4 Å². The number of hydrogen-bond acceptors (Lipinski definition) is 3. The molecule has 4 heteroatoms. The van der Waals surface area contributed by atoms with Crippen LogP contribution in [0, 0.1) is 11.7 Å². The third-order valence-electron chi connectivity index (χ3n) is 2.63. The zero-order chi connectivity index (χ0) is 10.7. The van der Waals surface area contributed by atoms with Gasteiger partial charge in [-0.2, -0.15) is 0 Å². The number of hydrazine groups is 1. The molecular formula is C11H15FN2S. The highest BCUT2D eigenvalue weighted by Crippen LogP contribution is 2.34. The molecule has 0 aromatic heterocycles. The predicted molar refractivity (Wildman–Crippen MR) is 61.0 cm³/mol. The fourth-order valence-corrected chi connectivity index (χ4v) is 2.67. The number of rotatable bonds is 5. The molecule has 0 heterocycles. The number of thioether (sulfide) groups is 1. The lowest BCUT2D eigenvalue weighted by Crippen LogP contribution is -2.38. The summed E-state index contributed by atoms with van der Waals surface area (Å²) in [4.78, 5) is 0.968. The van der Waals surface area contributed by atoms with Crippen LogP contribution in [-0.2, 0) is 0 Å². The minimum absolute atomic E-state index is 0.177.